The predicted octanol–water partition coefficient (Wildman–Crippen LogP) is 3.25. The maximum Gasteiger partial charge on any atom is 0.262 e. The Kier molecular flexibility index (Phi) is 5.93. The molecule has 1 heterocycles. The van der Waals surface area contributed by atoms with E-state index in [9.17, 15) is 9.59 Å². The van der Waals surface area contributed by atoms with Gasteiger partial charge in [-0.15, -0.1) is 0 Å². The van der Waals surface area contributed by atoms with Crippen molar-refractivity contribution in [3.8, 4) is 11.5 Å². The predicted molar refractivity (Wildman–Crippen MR) is 117 cm³/mol. The van der Waals surface area contributed by atoms with E-state index in [2.05, 4.69) is 5.10 Å². The molecule has 0 aromatic heterocycles. The Morgan fingerprint density at radius 2 is 1.58 bits per heavy atom. The highest BCUT2D eigenvalue weighted by Gasteiger charge is 2.36. The van der Waals surface area contributed by atoms with E-state index in [1.165, 1.54) is 9.91 Å². The molecule has 1 aliphatic heterocycles. The molecule has 1 aliphatic carbocycles. The first-order valence-electron chi connectivity index (χ1n) is 10.4. The number of nitrogens with zero attached hydrogens (tertiary/aromatic N) is 3. The molecule has 162 valence electrons. The fourth-order valence-corrected chi connectivity index (χ4v) is 3.78. The summed E-state index contributed by atoms with van der Waals surface area (Å²) in [5.41, 5.74) is 2.74. The normalized spacial score (nSPS) is 17.8. The molecule has 7 heteroatoms. The zero-order valence-corrected chi connectivity index (χ0v) is 18.1. The minimum atomic E-state index is -0.236. The summed E-state index contributed by atoms with van der Waals surface area (Å²) in [5.74, 6) is 1.44. The van der Waals surface area contributed by atoms with E-state index in [-0.39, 0.29) is 30.3 Å². The van der Waals surface area contributed by atoms with Crippen LogP contribution in [0.4, 0.5) is 0 Å². The molecule has 2 amide bonds. The van der Waals surface area contributed by atoms with Gasteiger partial charge in [0.05, 0.1) is 26.0 Å². The standard InChI is InChI=1S/C24H27N3O4/c1-26(24(29)18-4-5-18)15-23(28)27-22(17-8-12-20(31-3)13-9-17)14-21(25-27)16-6-10-19(30-2)11-7-16/h6-13,18,22H,4-5,14-15H2,1-3H3/t22-/m1/s1. The molecule has 0 unspecified atom stereocenters. The molecule has 1 saturated carbocycles. The van der Waals surface area contributed by atoms with Crippen LogP contribution in [0.15, 0.2) is 53.6 Å². The molecule has 1 fully saturated rings. The SMILES string of the molecule is COc1ccc(C2=NN(C(=O)CN(C)C(=O)C3CC3)[C@@H](c3ccc(OC)cc3)C2)cc1. The number of hydrogen-bond donors (Lipinski definition) is 0. The largest absolute Gasteiger partial charge is 0.497 e. The lowest BCUT2D eigenvalue weighted by Gasteiger charge is -2.25. The van der Waals surface area contributed by atoms with Gasteiger partial charge >= 0.3 is 0 Å². The lowest BCUT2D eigenvalue weighted by atomic mass is 9.98. The van der Waals surface area contributed by atoms with Gasteiger partial charge in [-0.05, 0) is 60.4 Å². The number of hydrazone groups is 1. The van der Waals surface area contributed by atoms with Crippen molar-refractivity contribution < 1.29 is 19.1 Å². The van der Waals surface area contributed by atoms with Gasteiger partial charge in [0.15, 0.2) is 0 Å². The number of ether oxygens (including phenoxy) is 2. The Labute approximate surface area is 182 Å². The Hall–Kier alpha value is -3.35. The first-order valence-corrected chi connectivity index (χ1v) is 10.4. The van der Waals surface area contributed by atoms with Gasteiger partial charge < -0.3 is 14.4 Å². The Morgan fingerprint density at radius 1 is 1.00 bits per heavy atom. The van der Waals surface area contributed by atoms with E-state index in [1.54, 1.807) is 21.3 Å². The van der Waals surface area contributed by atoms with Crippen molar-refractivity contribution in [2.24, 2.45) is 11.0 Å². The van der Waals surface area contributed by atoms with Gasteiger partial charge in [0.1, 0.15) is 18.0 Å². The van der Waals surface area contributed by atoms with Crippen molar-refractivity contribution in [2.75, 3.05) is 27.8 Å². The molecular formula is C24H27N3O4. The smallest absolute Gasteiger partial charge is 0.262 e. The third kappa shape index (κ3) is 4.55. The zero-order chi connectivity index (χ0) is 22.0. The number of likely N-dealkylation sites (N-methyl/N-ethyl adjacent to an activating group) is 1. The minimum Gasteiger partial charge on any atom is -0.497 e. The van der Waals surface area contributed by atoms with Gasteiger partial charge in [-0.1, -0.05) is 12.1 Å². The molecule has 0 bridgehead atoms. The summed E-state index contributed by atoms with van der Waals surface area (Å²) in [6, 6.07) is 15.1. The number of rotatable bonds is 7. The maximum atomic E-state index is 13.2. The van der Waals surface area contributed by atoms with E-state index in [0.29, 0.717) is 6.42 Å². The van der Waals surface area contributed by atoms with Crippen molar-refractivity contribution in [1.82, 2.24) is 9.91 Å². The maximum absolute atomic E-state index is 13.2. The highest BCUT2D eigenvalue weighted by atomic mass is 16.5. The molecule has 31 heavy (non-hydrogen) atoms. The summed E-state index contributed by atoms with van der Waals surface area (Å²) in [7, 11) is 4.94. The van der Waals surface area contributed by atoms with Gasteiger partial charge in [-0.3, -0.25) is 9.59 Å². The molecule has 2 aliphatic rings. The molecule has 0 saturated heterocycles. The fourth-order valence-electron chi connectivity index (χ4n) is 3.78. The van der Waals surface area contributed by atoms with Crippen LogP contribution in [0, 0.1) is 5.92 Å². The molecule has 0 radical (unpaired) electrons. The molecule has 0 spiro atoms. The van der Waals surface area contributed by atoms with E-state index >= 15 is 0 Å². The van der Waals surface area contributed by atoms with E-state index in [4.69, 9.17) is 9.47 Å². The number of hydrogen-bond acceptors (Lipinski definition) is 5. The van der Waals surface area contributed by atoms with E-state index in [1.807, 2.05) is 48.5 Å². The molecule has 0 N–H and O–H groups in total. The number of carbonyl (C=O) groups excluding carboxylic acids is 2. The van der Waals surface area contributed by atoms with Gasteiger partial charge in [-0.2, -0.15) is 5.10 Å². The van der Waals surface area contributed by atoms with Crippen molar-refractivity contribution in [2.45, 2.75) is 25.3 Å². The monoisotopic (exact) mass is 421 g/mol. The van der Waals surface area contributed by atoms with Crippen LogP contribution in [0.5, 0.6) is 11.5 Å². The highest BCUT2D eigenvalue weighted by molar-refractivity contribution is 6.03. The molecule has 2 aromatic carbocycles. The van der Waals surface area contributed by atoms with Crippen molar-refractivity contribution in [1.29, 1.82) is 0 Å². The topological polar surface area (TPSA) is 71.4 Å². The van der Waals surface area contributed by atoms with Crippen LogP contribution in [-0.4, -0.2) is 55.2 Å². The van der Waals surface area contributed by atoms with Gasteiger partial charge in [0.25, 0.3) is 5.91 Å². The van der Waals surface area contributed by atoms with Crippen LogP contribution in [0.3, 0.4) is 0 Å². The lowest BCUT2D eigenvalue weighted by Crippen LogP contribution is -2.39. The summed E-state index contributed by atoms with van der Waals surface area (Å²) in [6.45, 7) is 0.0153. The highest BCUT2D eigenvalue weighted by Crippen LogP contribution is 2.34. The summed E-state index contributed by atoms with van der Waals surface area (Å²) >= 11 is 0. The van der Waals surface area contributed by atoms with Crippen LogP contribution in [0.2, 0.25) is 0 Å². The fraction of sp³-hybridized carbons (Fsp3) is 0.375. The minimum absolute atomic E-state index is 0.0153. The third-order valence-corrected chi connectivity index (χ3v) is 5.76. The van der Waals surface area contributed by atoms with Gasteiger partial charge in [0.2, 0.25) is 5.91 Å². The summed E-state index contributed by atoms with van der Waals surface area (Å²) < 4.78 is 10.5. The first-order chi connectivity index (χ1) is 15.0. The summed E-state index contributed by atoms with van der Waals surface area (Å²) in [4.78, 5) is 27.0. The summed E-state index contributed by atoms with van der Waals surface area (Å²) in [5, 5.41) is 6.20. The van der Waals surface area contributed by atoms with Gasteiger partial charge in [-0.25, -0.2) is 5.01 Å². The van der Waals surface area contributed by atoms with Crippen LogP contribution in [-0.2, 0) is 9.59 Å². The quantitative estimate of drug-likeness (QED) is 0.688. The summed E-state index contributed by atoms with van der Waals surface area (Å²) in [6.07, 6.45) is 2.41. The van der Waals surface area contributed by atoms with Gasteiger partial charge in [0, 0.05) is 19.4 Å². The van der Waals surface area contributed by atoms with Crippen molar-refractivity contribution in [3.05, 3.63) is 59.7 Å². The second-order valence-corrected chi connectivity index (χ2v) is 7.98. The number of carbonyl (C=O) groups is 2. The third-order valence-electron chi connectivity index (χ3n) is 5.76. The molecule has 4 rings (SSSR count). The van der Waals surface area contributed by atoms with Crippen LogP contribution in [0.25, 0.3) is 0 Å². The Bertz CT molecular complexity index is 981. The number of methoxy groups -OCH3 is 2. The molecule has 2 aromatic rings. The Balaban J connectivity index is 1.58. The molecule has 1 atom stereocenters. The zero-order valence-electron chi connectivity index (χ0n) is 18.1. The van der Waals surface area contributed by atoms with Crippen LogP contribution >= 0.6 is 0 Å². The number of benzene rings is 2. The second-order valence-electron chi connectivity index (χ2n) is 7.98. The Morgan fingerprint density at radius 3 is 2.13 bits per heavy atom. The lowest BCUT2D eigenvalue weighted by molar-refractivity contribution is -0.141. The van der Waals surface area contributed by atoms with Crippen molar-refractivity contribution in [3.63, 3.8) is 0 Å². The van der Waals surface area contributed by atoms with E-state index in [0.717, 1.165) is 41.2 Å². The average Bonchev–Trinajstić information content (AvgIpc) is 3.56. The van der Waals surface area contributed by atoms with Crippen LogP contribution < -0.4 is 9.47 Å². The van der Waals surface area contributed by atoms with E-state index < -0.39 is 0 Å². The first kappa shape index (κ1) is 20.9. The number of amides is 2. The average molecular weight is 421 g/mol. The molecular weight excluding hydrogens is 394 g/mol. The second kappa shape index (κ2) is 8.79. The molecule has 7 nitrogen and oxygen atoms in total. The van der Waals surface area contributed by atoms with Crippen LogP contribution in [0.1, 0.15) is 36.4 Å². The van der Waals surface area contributed by atoms with Crippen molar-refractivity contribution >= 4 is 17.5 Å².